The molecule has 0 aliphatic rings. The van der Waals surface area contributed by atoms with E-state index in [1.807, 2.05) is 0 Å². The molecule has 0 unspecified atom stereocenters. The first kappa shape index (κ1) is 10.4. The SMILES string of the molecule is O=Cc1ccc(-c2ccc(F)c(F)c2)nn1. The second-order valence-electron chi connectivity index (χ2n) is 3.09. The molecule has 0 bridgehead atoms. The van der Waals surface area contributed by atoms with Crippen molar-refractivity contribution in [3.05, 3.63) is 47.7 Å². The standard InChI is InChI=1S/C11H6F2N2O/c12-9-3-1-7(5-10(9)13)11-4-2-8(6-16)14-15-11/h1-6H. The summed E-state index contributed by atoms with van der Waals surface area (Å²) in [4.78, 5) is 10.3. The quantitative estimate of drug-likeness (QED) is 0.729. The number of halogens is 2. The van der Waals surface area contributed by atoms with Gasteiger partial charge in [0.2, 0.25) is 0 Å². The second-order valence-corrected chi connectivity index (χ2v) is 3.09. The molecule has 2 aromatic rings. The number of aldehydes is 1. The van der Waals surface area contributed by atoms with Gasteiger partial charge in [-0.05, 0) is 30.3 Å². The Bertz CT molecular complexity index is 526. The van der Waals surface area contributed by atoms with Crippen molar-refractivity contribution in [1.29, 1.82) is 0 Å². The van der Waals surface area contributed by atoms with Gasteiger partial charge in [-0.25, -0.2) is 8.78 Å². The van der Waals surface area contributed by atoms with E-state index < -0.39 is 11.6 Å². The maximum atomic E-state index is 12.9. The molecule has 0 saturated carbocycles. The minimum atomic E-state index is -0.946. The summed E-state index contributed by atoms with van der Waals surface area (Å²) in [6.07, 6.45) is 0.558. The molecule has 1 heterocycles. The number of carbonyl (C=O) groups excluding carboxylic acids is 1. The first-order valence-electron chi connectivity index (χ1n) is 4.45. The molecule has 0 spiro atoms. The highest BCUT2D eigenvalue weighted by molar-refractivity contribution is 5.72. The number of hydrogen-bond donors (Lipinski definition) is 0. The number of nitrogens with zero attached hydrogens (tertiary/aromatic N) is 2. The lowest BCUT2D eigenvalue weighted by molar-refractivity contribution is 0.111. The van der Waals surface area contributed by atoms with Gasteiger partial charge in [-0.2, -0.15) is 0 Å². The van der Waals surface area contributed by atoms with Crippen molar-refractivity contribution in [2.24, 2.45) is 0 Å². The molecule has 2 rings (SSSR count). The van der Waals surface area contributed by atoms with Gasteiger partial charge in [-0.3, -0.25) is 4.79 Å². The summed E-state index contributed by atoms with van der Waals surface area (Å²) in [5.74, 6) is -1.86. The van der Waals surface area contributed by atoms with E-state index in [2.05, 4.69) is 10.2 Å². The molecular formula is C11H6F2N2O. The lowest BCUT2D eigenvalue weighted by Gasteiger charge is -2.00. The van der Waals surface area contributed by atoms with Crippen LogP contribution in [0.15, 0.2) is 30.3 Å². The van der Waals surface area contributed by atoms with Crippen LogP contribution in [-0.2, 0) is 0 Å². The Morgan fingerprint density at radius 2 is 1.81 bits per heavy atom. The van der Waals surface area contributed by atoms with E-state index in [0.29, 0.717) is 17.5 Å². The highest BCUT2D eigenvalue weighted by Gasteiger charge is 2.05. The Balaban J connectivity index is 2.42. The number of benzene rings is 1. The van der Waals surface area contributed by atoms with Crippen LogP contribution in [0.3, 0.4) is 0 Å². The van der Waals surface area contributed by atoms with Gasteiger partial charge in [0.25, 0.3) is 0 Å². The summed E-state index contributed by atoms with van der Waals surface area (Å²) in [6.45, 7) is 0. The fraction of sp³-hybridized carbons (Fsp3) is 0. The van der Waals surface area contributed by atoms with E-state index in [4.69, 9.17) is 0 Å². The molecule has 0 amide bonds. The summed E-state index contributed by atoms with van der Waals surface area (Å²) >= 11 is 0. The second kappa shape index (κ2) is 4.14. The smallest absolute Gasteiger partial charge is 0.170 e. The summed E-state index contributed by atoms with van der Waals surface area (Å²) in [5, 5.41) is 7.31. The zero-order valence-corrected chi connectivity index (χ0v) is 8.02. The monoisotopic (exact) mass is 220 g/mol. The fourth-order valence-corrected chi connectivity index (χ4v) is 1.21. The van der Waals surface area contributed by atoms with Gasteiger partial charge in [0, 0.05) is 5.56 Å². The van der Waals surface area contributed by atoms with Crippen molar-refractivity contribution < 1.29 is 13.6 Å². The van der Waals surface area contributed by atoms with Crippen molar-refractivity contribution >= 4 is 6.29 Å². The van der Waals surface area contributed by atoms with E-state index in [9.17, 15) is 13.6 Å². The van der Waals surface area contributed by atoms with Crippen molar-refractivity contribution in [1.82, 2.24) is 10.2 Å². The number of hydrogen-bond acceptors (Lipinski definition) is 3. The largest absolute Gasteiger partial charge is 0.296 e. The third kappa shape index (κ3) is 1.93. The van der Waals surface area contributed by atoms with E-state index in [1.165, 1.54) is 18.2 Å². The zero-order valence-electron chi connectivity index (χ0n) is 8.02. The summed E-state index contributed by atoms with van der Waals surface area (Å²) < 4.78 is 25.6. The predicted octanol–water partition coefficient (Wildman–Crippen LogP) is 2.23. The summed E-state index contributed by atoms with van der Waals surface area (Å²) in [6, 6.07) is 6.41. The van der Waals surface area contributed by atoms with Gasteiger partial charge in [0.15, 0.2) is 17.9 Å². The van der Waals surface area contributed by atoms with Crippen LogP contribution in [0.2, 0.25) is 0 Å². The maximum Gasteiger partial charge on any atom is 0.170 e. The number of aromatic nitrogens is 2. The van der Waals surface area contributed by atoms with E-state index >= 15 is 0 Å². The molecule has 16 heavy (non-hydrogen) atoms. The van der Waals surface area contributed by atoms with Crippen LogP contribution in [0, 0.1) is 11.6 Å². The average Bonchev–Trinajstić information content (AvgIpc) is 2.33. The highest BCUT2D eigenvalue weighted by atomic mass is 19.2. The average molecular weight is 220 g/mol. The lowest BCUT2D eigenvalue weighted by Crippen LogP contribution is -1.93. The van der Waals surface area contributed by atoms with Gasteiger partial charge >= 0.3 is 0 Å². The van der Waals surface area contributed by atoms with Crippen molar-refractivity contribution in [3.63, 3.8) is 0 Å². The van der Waals surface area contributed by atoms with Gasteiger partial charge in [-0.15, -0.1) is 10.2 Å². The lowest BCUT2D eigenvalue weighted by atomic mass is 10.1. The summed E-state index contributed by atoms with van der Waals surface area (Å²) in [5.41, 5.74) is 0.972. The van der Waals surface area contributed by atoms with E-state index in [0.717, 1.165) is 12.1 Å². The van der Waals surface area contributed by atoms with Crippen LogP contribution in [0.25, 0.3) is 11.3 Å². The third-order valence-electron chi connectivity index (χ3n) is 2.02. The van der Waals surface area contributed by atoms with Crippen LogP contribution in [0.4, 0.5) is 8.78 Å². The van der Waals surface area contributed by atoms with Crippen molar-refractivity contribution in [3.8, 4) is 11.3 Å². The van der Waals surface area contributed by atoms with E-state index in [1.54, 1.807) is 0 Å². The van der Waals surface area contributed by atoms with Gasteiger partial charge < -0.3 is 0 Å². The fourth-order valence-electron chi connectivity index (χ4n) is 1.21. The molecule has 0 radical (unpaired) electrons. The Morgan fingerprint density at radius 3 is 2.38 bits per heavy atom. The summed E-state index contributed by atoms with van der Waals surface area (Å²) in [7, 11) is 0. The number of rotatable bonds is 2. The minimum Gasteiger partial charge on any atom is -0.296 e. The molecule has 3 nitrogen and oxygen atoms in total. The number of carbonyl (C=O) groups is 1. The maximum absolute atomic E-state index is 12.9. The van der Waals surface area contributed by atoms with Crippen LogP contribution >= 0.6 is 0 Å². The first-order chi connectivity index (χ1) is 7.70. The zero-order chi connectivity index (χ0) is 11.5. The van der Waals surface area contributed by atoms with Gasteiger partial charge in [0.1, 0.15) is 5.69 Å². The normalized spacial score (nSPS) is 10.1. The third-order valence-corrected chi connectivity index (χ3v) is 2.02. The molecule has 0 fully saturated rings. The Hall–Kier alpha value is -2.17. The molecule has 0 saturated heterocycles. The first-order valence-corrected chi connectivity index (χ1v) is 4.45. The van der Waals surface area contributed by atoms with Gasteiger partial charge in [-0.1, -0.05) is 0 Å². The Labute approximate surface area is 89.8 Å². The van der Waals surface area contributed by atoms with Crippen molar-refractivity contribution in [2.45, 2.75) is 0 Å². The molecule has 0 aliphatic carbocycles. The van der Waals surface area contributed by atoms with E-state index in [-0.39, 0.29) is 5.69 Å². The molecule has 1 aromatic heterocycles. The Morgan fingerprint density at radius 1 is 1.00 bits per heavy atom. The molecule has 80 valence electrons. The molecular weight excluding hydrogens is 214 g/mol. The molecule has 0 atom stereocenters. The molecule has 1 aromatic carbocycles. The predicted molar refractivity (Wildman–Crippen MR) is 52.8 cm³/mol. The Kier molecular flexibility index (Phi) is 2.68. The van der Waals surface area contributed by atoms with Crippen LogP contribution < -0.4 is 0 Å². The highest BCUT2D eigenvalue weighted by Crippen LogP contribution is 2.18. The van der Waals surface area contributed by atoms with Crippen LogP contribution in [-0.4, -0.2) is 16.5 Å². The van der Waals surface area contributed by atoms with Crippen molar-refractivity contribution in [2.75, 3.05) is 0 Å². The molecule has 0 N–H and O–H groups in total. The van der Waals surface area contributed by atoms with Crippen LogP contribution in [0.1, 0.15) is 10.5 Å². The van der Waals surface area contributed by atoms with Crippen LogP contribution in [0.5, 0.6) is 0 Å². The topological polar surface area (TPSA) is 42.9 Å². The molecule has 0 aliphatic heterocycles. The van der Waals surface area contributed by atoms with Gasteiger partial charge in [0.05, 0.1) is 5.69 Å². The molecule has 5 heteroatoms. The minimum absolute atomic E-state index is 0.186.